The molecule has 0 unspecified atom stereocenters. The van der Waals surface area contributed by atoms with Gasteiger partial charge < -0.3 is 18.9 Å². The summed E-state index contributed by atoms with van der Waals surface area (Å²) in [5, 5.41) is 0. The molecular formula is C18H21FN2O4. The van der Waals surface area contributed by atoms with Crippen molar-refractivity contribution in [2.75, 3.05) is 26.4 Å². The van der Waals surface area contributed by atoms with Gasteiger partial charge in [0, 0.05) is 11.8 Å². The van der Waals surface area contributed by atoms with Crippen LogP contribution in [0.5, 0.6) is 0 Å². The lowest BCUT2D eigenvalue weighted by Gasteiger charge is -2.12. The summed E-state index contributed by atoms with van der Waals surface area (Å²) in [6, 6.07) is 6.61. The summed E-state index contributed by atoms with van der Waals surface area (Å²) >= 11 is 0. The predicted molar refractivity (Wildman–Crippen MR) is 88.1 cm³/mol. The zero-order valence-corrected chi connectivity index (χ0v) is 14.3. The number of aromatic nitrogens is 2. The minimum Gasteiger partial charge on any atom is -0.345 e. The van der Waals surface area contributed by atoms with Crippen LogP contribution in [0.15, 0.2) is 30.5 Å². The molecule has 0 radical (unpaired) electrons. The maximum Gasteiger partial charge on any atom is 0.204 e. The molecule has 4 heterocycles. The fourth-order valence-electron chi connectivity index (χ4n) is 2.57. The number of rotatable bonds is 3. The zero-order valence-electron chi connectivity index (χ0n) is 14.3. The van der Waals surface area contributed by atoms with Crippen molar-refractivity contribution in [1.82, 2.24) is 9.97 Å². The van der Waals surface area contributed by atoms with Crippen LogP contribution in [-0.2, 0) is 18.9 Å². The number of nitrogens with zero attached hydrogens (tertiary/aromatic N) is 2. The van der Waals surface area contributed by atoms with Gasteiger partial charge in [0.25, 0.3) is 0 Å². The monoisotopic (exact) mass is 348 g/mol. The van der Waals surface area contributed by atoms with Crippen LogP contribution in [0, 0.1) is 5.82 Å². The van der Waals surface area contributed by atoms with Gasteiger partial charge in [0.15, 0.2) is 0 Å². The van der Waals surface area contributed by atoms with Gasteiger partial charge in [-0.15, -0.1) is 0 Å². The second-order valence-electron chi connectivity index (χ2n) is 5.18. The molecule has 2 aliphatic rings. The van der Waals surface area contributed by atoms with Crippen LogP contribution in [0.3, 0.4) is 0 Å². The van der Waals surface area contributed by atoms with Crippen LogP contribution in [0.2, 0.25) is 0 Å². The molecule has 2 fully saturated rings. The summed E-state index contributed by atoms with van der Waals surface area (Å²) in [4.78, 5) is 8.62. The summed E-state index contributed by atoms with van der Waals surface area (Å²) in [7, 11) is 0. The Hall–Kier alpha value is -1.93. The molecule has 0 bridgehead atoms. The maximum absolute atomic E-state index is 14.0. The van der Waals surface area contributed by atoms with Gasteiger partial charge in [-0.25, -0.2) is 9.37 Å². The minimum atomic E-state index is -0.752. The first-order valence-corrected chi connectivity index (χ1v) is 8.40. The van der Waals surface area contributed by atoms with E-state index in [9.17, 15) is 4.39 Å². The van der Waals surface area contributed by atoms with Crippen LogP contribution in [0.1, 0.15) is 37.8 Å². The third-order valence-corrected chi connectivity index (χ3v) is 3.66. The molecule has 0 atom stereocenters. The van der Waals surface area contributed by atoms with Gasteiger partial charge in [-0.1, -0.05) is 13.8 Å². The van der Waals surface area contributed by atoms with E-state index in [1.165, 1.54) is 6.07 Å². The average molecular weight is 348 g/mol. The first kappa shape index (κ1) is 17.9. The smallest absolute Gasteiger partial charge is 0.204 e. The van der Waals surface area contributed by atoms with Gasteiger partial charge in [0.2, 0.25) is 12.6 Å². The molecule has 0 aliphatic carbocycles. The topological polar surface area (TPSA) is 62.7 Å². The molecule has 6 nitrogen and oxygen atoms in total. The fourth-order valence-corrected chi connectivity index (χ4v) is 2.57. The van der Waals surface area contributed by atoms with Gasteiger partial charge in [0.05, 0.1) is 37.8 Å². The molecule has 2 saturated heterocycles. The quantitative estimate of drug-likeness (QED) is 0.847. The largest absolute Gasteiger partial charge is 0.345 e. The molecule has 134 valence electrons. The molecule has 0 N–H and O–H groups in total. The lowest BCUT2D eigenvalue weighted by molar-refractivity contribution is -0.0497. The zero-order chi connectivity index (χ0) is 17.6. The Morgan fingerprint density at radius 1 is 0.920 bits per heavy atom. The number of hydrogen-bond donors (Lipinski definition) is 0. The summed E-state index contributed by atoms with van der Waals surface area (Å²) < 4.78 is 35.6. The van der Waals surface area contributed by atoms with E-state index in [1.54, 1.807) is 18.3 Å². The molecule has 0 spiro atoms. The van der Waals surface area contributed by atoms with Crippen molar-refractivity contribution in [3.63, 3.8) is 0 Å². The lowest BCUT2D eigenvalue weighted by Crippen LogP contribution is -2.06. The SMILES string of the molecule is CC.Fc1ccc(-c2ccnc(C3OCCO3)c2)nc1C1OCCO1. The minimum absolute atomic E-state index is 0.159. The van der Waals surface area contributed by atoms with E-state index in [2.05, 4.69) is 9.97 Å². The van der Waals surface area contributed by atoms with E-state index in [1.807, 2.05) is 19.9 Å². The molecule has 2 aromatic rings. The van der Waals surface area contributed by atoms with Crippen molar-refractivity contribution in [2.45, 2.75) is 26.4 Å². The number of halogens is 1. The number of hydrogen-bond acceptors (Lipinski definition) is 6. The molecule has 0 saturated carbocycles. The summed E-state index contributed by atoms with van der Waals surface area (Å²) in [5.74, 6) is -0.447. The van der Waals surface area contributed by atoms with Crippen LogP contribution in [-0.4, -0.2) is 36.4 Å². The van der Waals surface area contributed by atoms with E-state index in [4.69, 9.17) is 18.9 Å². The van der Waals surface area contributed by atoms with E-state index in [-0.39, 0.29) is 5.69 Å². The van der Waals surface area contributed by atoms with Gasteiger partial charge in [-0.3, -0.25) is 4.98 Å². The van der Waals surface area contributed by atoms with Crippen molar-refractivity contribution in [2.24, 2.45) is 0 Å². The van der Waals surface area contributed by atoms with E-state index in [0.717, 1.165) is 5.56 Å². The predicted octanol–water partition coefficient (Wildman–Crippen LogP) is 3.40. The highest BCUT2D eigenvalue weighted by Gasteiger charge is 2.24. The summed E-state index contributed by atoms with van der Waals surface area (Å²) in [6.07, 6.45) is 0.442. The van der Waals surface area contributed by atoms with Crippen molar-refractivity contribution in [1.29, 1.82) is 0 Å². The first-order valence-electron chi connectivity index (χ1n) is 8.40. The second-order valence-corrected chi connectivity index (χ2v) is 5.18. The Balaban J connectivity index is 0.000000880. The van der Waals surface area contributed by atoms with Crippen molar-refractivity contribution in [3.8, 4) is 11.3 Å². The molecular weight excluding hydrogens is 327 g/mol. The van der Waals surface area contributed by atoms with Gasteiger partial charge in [0.1, 0.15) is 11.5 Å². The molecule has 0 amide bonds. The van der Waals surface area contributed by atoms with Gasteiger partial charge in [-0.2, -0.15) is 0 Å². The highest BCUT2D eigenvalue weighted by molar-refractivity contribution is 5.59. The molecule has 0 aromatic carbocycles. The summed E-state index contributed by atoms with van der Waals surface area (Å²) in [5.41, 5.74) is 2.24. The normalized spacial score (nSPS) is 18.2. The maximum atomic E-state index is 14.0. The number of ether oxygens (including phenoxy) is 4. The molecule has 2 aromatic heterocycles. The van der Waals surface area contributed by atoms with Crippen LogP contribution in [0.25, 0.3) is 11.3 Å². The standard InChI is InChI=1S/C16H15FN2O4.C2H6/c17-11-1-2-12(19-14(11)16-22-7-8-23-16)10-3-4-18-13(9-10)15-20-5-6-21-15;1-2/h1-4,9,15-16H,5-8H2;1-2H3. The first-order chi connectivity index (χ1) is 12.3. The average Bonchev–Trinajstić information content (AvgIpc) is 3.38. The van der Waals surface area contributed by atoms with Crippen molar-refractivity contribution < 1.29 is 23.3 Å². The third kappa shape index (κ3) is 4.01. The fraction of sp³-hybridized carbons (Fsp3) is 0.444. The van der Waals surface area contributed by atoms with Crippen molar-refractivity contribution >= 4 is 0 Å². The van der Waals surface area contributed by atoms with Gasteiger partial charge >= 0.3 is 0 Å². The Kier molecular flexibility index (Phi) is 6.04. The van der Waals surface area contributed by atoms with E-state index < -0.39 is 18.4 Å². The van der Waals surface area contributed by atoms with Crippen LogP contribution in [0.4, 0.5) is 4.39 Å². The highest BCUT2D eigenvalue weighted by Crippen LogP contribution is 2.29. The lowest BCUT2D eigenvalue weighted by atomic mass is 10.1. The number of pyridine rings is 2. The van der Waals surface area contributed by atoms with Crippen LogP contribution >= 0.6 is 0 Å². The Bertz CT molecular complexity index is 701. The highest BCUT2D eigenvalue weighted by atomic mass is 19.1. The third-order valence-electron chi connectivity index (χ3n) is 3.66. The Labute approximate surface area is 145 Å². The Morgan fingerprint density at radius 2 is 1.56 bits per heavy atom. The van der Waals surface area contributed by atoms with E-state index >= 15 is 0 Å². The van der Waals surface area contributed by atoms with Crippen molar-refractivity contribution in [3.05, 3.63) is 47.7 Å². The second kappa shape index (κ2) is 8.44. The van der Waals surface area contributed by atoms with E-state index in [0.29, 0.717) is 37.8 Å². The molecule has 7 heteroatoms. The summed E-state index contributed by atoms with van der Waals surface area (Å²) in [6.45, 7) is 5.97. The molecule has 4 rings (SSSR count). The Morgan fingerprint density at radius 3 is 2.24 bits per heavy atom. The van der Waals surface area contributed by atoms with Crippen LogP contribution < -0.4 is 0 Å². The molecule has 25 heavy (non-hydrogen) atoms. The van der Waals surface area contributed by atoms with Gasteiger partial charge in [-0.05, 0) is 24.3 Å². The molecule has 2 aliphatic heterocycles.